The van der Waals surface area contributed by atoms with Gasteiger partial charge in [-0.2, -0.15) is 0 Å². The highest BCUT2D eigenvalue weighted by Crippen LogP contribution is 2.40. The third-order valence-electron chi connectivity index (χ3n) is 3.45. The molecule has 0 saturated carbocycles. The second-order valence-electron chi connectivity index (χ2n) is 4.83. The monoisotopic (exact) mass is 263 g/mol. The molecular formula is C14H17NO4. The maximum absolute atomic E-state index is 11.2. The van der Waals surface area contributed by atoms with Crippen molar-refractivity contribution in [1.29, 1.82) is 0 Å². The van der Waals surface area contributed by atoms with Gasteiger partial charge in [0.1, 0.15) is 13.2 Å². The first-order valence-corrected chi connectivity index (χ1v) is 6.52. The van der Waals surface area contributed by atoms with Gasteiger partial charge < -0.3 is 19.5 Å². The van der Waals surface area contributed by atoms with Crippen molar-refractivity contribution in [1.82, 2.24) is 5.32 Å². The zero-order chi connectivity index (χ0) is 13.2. The maximum Gasteiger partial charge on any atom is 0.220 e. The van der Waals surface area contributed by atoms with Crippen molar-refractivity contribution in [2.45, 2.75) is 25.3 Å². The molecule has 1 saturated heterocycles. The van der Waals surface area contributed by atoms with Crippen molar-refractivity contribution in [3.63, 3.8) is 0 Å². The summed E-state index contributed by atoms with van der Waals surface area (Å²) in [6.45, 7) is 1.10. The molecular weight excluding hydrogens is 246 g/mol. The third kappa shape index (κ3) is 2.45. The minimum atomic E-state index is 0.134. The Balaban J connectivity index is 1.83. The molecule has 5 nitrogen and oxygen atoms in total. The van der Waals surface area contributed by atoms with E-state index in [2.05, 4.69) is 5.32 Å². The minimum Gasteiger partial charge on any atom is -0.493 e. The van der Waals surface area contributed by atoms with Gasteiger partial charge in [0.15, 0.2) is 11.5 Å². The largest absolute Gasteiger partial charge is 0.493 e. The van der Waals surface area contributed by atoms with Crippen molar-refractivity contribution in [2.75, 3.05) is 20.3 Å². The van der Waals surface area contributed by atoms with Crippen LogP contribution in [0.3, 0.4) is 0 Å². The number of carbonyl (C=O) groups is 1. The Hall–Kier alpha value is -1.91. The van der Waals surface area contributed by atoms with Crippen LogP contribution in [0.5, 0.6) is 17.2 Å². The first-order chi connectivity index (χ1) is 9.26. The summed E-state index contributed by atoms with van der Waals surface area (Å²) in [5.41, 5.74) is 1.09. The summed E-state index contributed by atoms with van der Waals surface area (Å²) in [5, 5.41) is 2.97. The van der Waals surface area contributed by atoms with Crippen molar-refractivity contribution >= 4 is 5.91 Å². The molecule has 0 bridgehead atoms. The molecule has 1 aromatic rings. The van der Waals surface area contributed by atoms with Gasteiger partial charge in [0, 0.05) is 12.5 Å². The molecule has 0 aromatic heterocycles. The number of hydrogen-bond donors (Lipinski definition) is 1. The molecule has 0 spiro atoms. The summed E-state index contributed by atoms with van der Waals surface area (Å²) in [4.78, 5) is 11.2. The predicted octanol–water partition coefficient (Wildman–Crippen LogP) is 1.29. The van der Waals surface area contributed by atoms with Gasteiger partial charge in [0.2, 0.25) is 11.7 Å². The molecule has 0 aliphatic carbocycles. The zero-order valence-corrected chi connectivity index (χ0v) is 10.9. The fourth-order valence-electron chi connectivity index (χ4n) is 2.56. The molecule has 2 heterocycles. The summed E-state index contributed by atoms with van der Waals surface area (Å²) in [5.74, 6) is 2.23. The quantitative estimate of drug-likeness (QED) is 0.892. The maximum atomic E-state index is 11.2. The number of hydrogen-bond acceptors (Lipinski definition) is 4. The van der Waals surface area contributed by atoms with Crippen LogP contribution >= 0.6 is 0 Å². The molecule has 1 aromatic carbocycles. The molecule has 102 valence electrons. The Morgan fingerprint density at radius 2 is 2.21 bits per heavy atom. The summed E-state index contributed by atoms with van der Waals surface area (Å²) in [7, 11) is 1.62. The standard InChI is InChI=1S/C14H17NO4/c1-17-11-7-9(6-10-2-3-13(16)15-10)8-12-14(11)19-5-4-18-12/h7-8,10H,2-6H2,1H3,(H,15,16). The SMILES string of the molecule is COc1cc(CC2CCC(=O)N2)cc2c1OCCO2. The fourth-order valence-corrected chi connectivity index (χ4v) is 2.56. The Kier molecular flexibility index (Phi) is 3.19. The Morgan fingerprint density at radius 1 is 1.37 bits per heavy atom. The number of nitrogens with one attached hydrogen (secondary N) is 1. The van der Waals surface area contributed by atoms with Gasteiger partial charge in [-0.05, 0) is 30.5 Å². The van der Waals surface area contributed by atoms with Crippen LogP contribution in [0.4, 0.5) is 0 Å². The van der Waals surface area contributed by atoms with Crippen LogP contribution in [0.1, 0.15) is 18.4 Å². The molecule has 2 aliphatic heterocycles. The smallest absolute Gasteiger partial charge is 0.220 e. The van der Waals surface area contributed by atoms with E-state index >= 15 is 0 Å². The van der Waals surface area contributed by atoms with Crippen LogP contribution in [0.25, 0.3) is 0 Å². The first kappa shape index (κ1) is 12.1. The van der Waals surface area contributed by atoms with E-state index in [9.17, 15) is 4.79 Å². The number of methoxy groups -OCH3 is 1. The minimum absolute atomic E-state index is 0.134. The molecule has 1 atom stereocenters. The summed E-state index contributed by atoms with van der Waals surface area (Å²) >= 11 is 0. The van der Waals surface area contributed by atoms with Gasteiger partial charge in [-0.1, -0.05) is 0 Å². The highest BCUT2D eigenvalue weighted by atomic mass is 16.6. The average Bonchev–Trinajstić information content (AvgIpc) is 2.83. The van der Waals surface area contributed by atoms with E-state index in [0.29, 0.717) is 31.1 Å². The predicted molar refractivity (Wildman–Crippen MR) is 68.9 cm³/mol. The number of ether oxygens (including phenoxy) is 3. The van der Waals surface area contributed by atoms with Crippen LogP contribution in [-0.4, -0.2) is 32.3 Å². The molecule has 3 rings (SSSR count). The highest BCUT2D eigenvalue weighted by Gasteiger charge is 2.23. The first-order valence-electron chi connectivity index (χ1n) is 6.52. The zero-order valence-electron chi connectivity index (χ0n) is 10.9. The van der Waals surface area contributed by atoms with Gasteiger partial charge >= 0.3 is 0 Å². The van der Waals surface area contributed by atoms with E-state index in [0.717, 1.165) is 24.2 Å². The molecule has 1 N–H and O–H groups in total. The normalized spacial score (nSPS) is 21.1. The lowest BCUT2D eigenvalue weighted by atomic mass is 10.0. The van der Waals surface area contributed by atoms with Gasteiger partial charge in [-0.15, -0.1) is 0 Å². The summed E-state index contributed by atoms with van der Waals surface area (Å²) < 4.78 is 16.5. The number of benzene rings is 1. The number of fused-ring (bicyclic) bond motifs is 1. The van der Waals surface area contributed by atoms with Crippen molar-refractivity contribution in [3.8, 4) is 17.2 Å². The Morgan fingerprint density at radius 3 is 2.95 bits per heavy atom. The summed E-state index contributed by atoms with van der Waals surface area (Å²) in [6.07, 6.45) is 2.29. The second-order valence-corrected chi connectivity index (χ2v) is 4.83. The molecule has 19 heavy (non-hydrogen) atoms. The number of carbonyl (C=O) groups excluding carboxylic acids is 1. The Bertz CT molecular complexity index is 483. The van der Waals surface area contributed by atoms with Crippen LogP contribution in [0.2, 0.25) is 0 Å². The van der Waals surface area contributed by atoms with Crippen molar-refractivity contribution in [3.05, 3.63) is 17.7 Å². The lowest BCUT2D eigenvalue weighted by Crippen LogP contribution is -2.27. The average molecular weight is 263 g/mol. The van der Waals surface area contributed by atoms with E-state index < -0.39 is 0 Å². The van der Waals surface area contributed by atoms with Gasteiger partial charge in [-0.25, -0.2) is 0 Å². The number of amides is 1. The van der Waals surface area contributed by atoms with E-state index in [1.807, 2.05) is 12.1 Å². The highest BCUT2D eigenvalue weighted by molar-refractivity contribution is 5.78. The topological polar surface area (TPSA) is 56.8 Å². The van der Waals surface area contributed by atoms with Gasteiger partial charge in [0.05, 0.1) is 7.11 Å². The summed E-state index contributed by atoms with van der Waals surface area (Å²) in [6, 6.07) is 4.14. The van der Waals surface area contributed by atoms with Crippen LogP contribution in [0, 0.1) is 0 Å². The van der Waals surface area contributed by atoms with Crippen LogP contribution in [0.15, 0.2) is 12.1 Å². The van der Waals surface area contributed by atoms with E-state index in [1.54, 1.807) is 7.11 Å². The third-order valence-corrected chi connectivity index (χ3v) is 3.45. The van der Waals surface area contributed by atoms with Crippen molar-refractivity contribution in [2.24, 2.45) is 0 Å². The van der Waals surface area contributed by atoms with E-state index in [1.165, 1.54) is 0 Å². The van der Waals surface area contributed by atoms with E-state index in [4.69, 9.17) is 14.2 Å². The van der Waals surface area contributed by atoms with E-state index in [-0.39, 0.29) is 11.9 Å². The fraction of sp³-hybridized carbons (Fsp3) is 0.500. The molecule has 1 amide bonds. The molecule has 1 unspecified atom stereocenters. The second kappa shape index (κ2) is 4.99. The van der Waals surface area contributed by atoms with Gasteiger partial charge in [-0.3, -0.25) is 4.79 Å². The molecule has 2 aliphatic rings. The van der Waals surface area contributed by atoms with Gasteiger partial charge in [0.25, 0.3) is 0 Å². The van der Waals surface area contributed by atoms with Crippen molar-refractivity contribution < 1.29 is 19.0 Å². The molecule has 1 fully saturated rings. The molecule has 0 radical (unpaired) electrons. The molecule has 5 heteroatoms. The lowest BCUT2D eigenvalue weighted by molar-refractivity contribution is -0.119. The Labute approximate surface area is 111 Å². The lowest BCUT2D eigenvalue weighted by Gasteiger charge is -2.22. The van der Waals surface area contributed by atoms with Crippen LogP contribution in [-0.2, 0) is 11.2 Å². The van der Waals surface area contributed by atoms with Crippen LogP contribution < -0.4 is 19.5 Å². The number of rotatable bonds is 3.